The topological polar surface area (TPSA) is 37.3 Å². The van der Waals surface area contributed by atoms with Gasteiger partial charge in [0.1, 0.15) is 0 Å². The third-order valence-corrected chi connectivity index (χ3v) is 12.4. The molecule has 2 nitrogen and oxygen atoms in total. The van der Waals surface area contributed by atoms with E-state index in [2.05, 4.69) is 27.7 Å². The van der Waals surface area contributed by atoms with Gasteiger partial charge in [-0.2, -0.15) is 0 Å². The quantitative estimate of drug-likeness (QED) is 0.215. The number of hydrogen-bond donors (Lipinski definition) is 1. The fourth-order valence-electron chi connectivity index (χ4n) is 4.68. The average Bonchev–Trinajstić information content (AvgIpc) is 2.73. The molecule has 0 aliphatic heterocycles. The van der Waals surface area contributed by atoms with E-state index >= 15 is 0 Å². The van der Waals surface area contributed by atoms with Crippen LogP contribution in [0, 0.1) is 5.92 Å². The van der Waals surface area contributed by atoms with Gasteiger partial charge in [-0.25, -0.2) is 0 Å². The fraction of sp³-hybridized carbons (Fsp3) is 0.960. The van der Waals surface area contributed by atoms with Crippen LogP contribution >= 0.6 is 7.26 Å². The number of hydrogen-bond acceptors (Lipinski definition) is 1. The second-order valence-corrected chi connectivity index (χ2v) is 14.3. The molecule has 0 aromatic carbocycles. The Morgan fingerprint density at radius 2 is 1.11 bits per heavy atom. The predicted octanol–water partition coefficient (Wildman–Crippen LogP) is 8.37. The number of rotatable bonds is 15. The summed E-state index contributed by atoms with van der Waals surface area (Å²) >= 11 is 0. The first-order valence-corrected chi connectivity index (χ1v) is 15.6. The molecule has 0 aromatic rings. The van der Waals surface area contributed by atoms with Gasteiger partial charge in [-0.05, 0) is 12.8 Å². The predicted molar refractivity (Wildman–Crippen MR) is 131 cm³/mol. The Labute approximate surface area is 178 Å². The minimum atomic E-state index is -0.908. The molecular weight excluding hydrogens is 363 g/mol. The summed E-state index contributed by atoms with van der Waals surface area (Å²) in [5, 5.41) is 8.54. The molecule has 0 bridgehead atoms. The summed E-state index contributed by atoms with van der Waals surface area (Å²) in [5.41, 5.74) is 0. The van der Waals surface area contributed by atoms with Crippen molar-refractivity contribution in [1.82, 2.24) is 0 Å². The Morgan fingerprint density at radius 3 is 1.46 bits per heavy atom. The zero-order valence-electron chi connectivity index (χ0n) is 19.9. The smallest absolute Gasteiger partial charge is 0.306 e. The van der Waals surface area contributed by atoms with Gasteiger partial charge in [0.25, 0.3) is 0 Å². The molecule has 1 fully saturated rings. The van der Waals surface area contributed by atoms with E-state index < -0.39 is 13.2 Å². The van der Waals surface area contributed by atoms with Crippen LogP contribution in [0.3, 0.4) is 0 Å². The number of unbranched alkanes of at least 4 members (excludes halogenated alkanes) is 6. The van der Waals surface area contributed by atoms with Crippen LogP contribution in [-0.4, -0.2) is 35.7 Å². The van der Waals surface area contributed by atoms with Crippen molar-refractivity contribution in [2.24, 2.45) is 5.92 Å². The van der Waals surface area contributed by atoms with E-state index in [0.717, 1.165) is 25.7 Å². The number of carbonyl (C=O) groups is 1. The molecule has 1 N–H and O–H groups in total. The van der Waals surface area contributed by atoms with Crippen LogP contribution in [0.1, 0.15) is 124 Å². The van der Waals surface area contributed by atoms with Gasteiger partial charge in [0.05, 0.1) is 5.92 Å². The van der Waals surface area contributed by atoms with E-state index in [1.807, 2.05) is 0 Å². The molecule has 0 saturated heterocycles. The first-order chi connectivity index (χ1) is 13.5. The molecule has 1 saturated carbocycles. The first-order valence-electron chi connectivity index (χ1n) is 12.8. The Morgan fingerprint density at radius 1 is 0.679 bits per heavy atom. The van der Waals surface area contributed by atoms with Gasteiger partial charge in [-0.15, -0.1) is 0 Å². The molecule has 0 radical (unpaired) electrons. The van der Waals surface area contributed by atoms with Crippen molar-refractivity contribution in [2.45, 2.75) is 124 Å². The van der Waals surface area contributed by atoms with Crippen molar-refractivity contribution in [2.75, 3.05) is 24.6 Å². The number of carboxylic acids is 1. The maximum atomic E-state index is 10.4. The van der Waals surface area contributed by atoms with Crippen LogP contribution in [0.2, 0.25) is 0 Å². The van der Waals surface area contributed by atoms with E-state index in [-0.39, 0.29) is 5.92 Å². The van der Waals surface area contributed by atoms with Gasteiger partial charge in [0, 0.05) is 0 Å². The summed E-state index contributed by atoms with van der Waals surface area (Å²) in [6, 6.07) is 0. The van der Waals surface area contributed by atoms with Crippen molar-refractivity contribution in [3.8, 4) is 0 Å². The molecule has 0 unspecified atom stereocenters. The van der Waals surface area contributed by atoms with Crippen LogP contribution in [0.5, 0.6) is 0 Å². The van der Waals surface area contributed by atoms with Crippen molar-refractivity contribution >= 4 is 13.2 Å². The summed E-state index contributed by atoms with van der Waals surface area (Å²) in [4.78, 5) is 10.4. The molecule has 0 spiro atoms. The second-order valence-electron chi connectivity index (χ2n) is 9.29. The van der Waals surface area contributed by atoms with Gasteiger partial charge >= 0.3 is 130 Å². The van der Waals surface area contributed by atoms with Crippen LogP contribution in [0.4, 0.5) is 0 Å². The van der Waals surface area contributed by atoms with Gasteiger partial charge < -0.3 is 5.11 Å². The van der Waals surface area contributed by atoms with Crippen LogP contribution in [-0.2, 0) is 4.79 Å². The maximum absolute atomic E-state index is 10.4. The van der Waals surface area contributed by atoms with E-state index in [1.165, 1.54) is 70.6 Å². The van der Waals surface area contributed by atoms with E-state index in [4.69, 9.17) is 5.11 Å². The van der Waals surface area contributed by atoms with Gasteiger partial charge in [-0.1, -0.05) is 19.3 Å². The third kappa shape index (κ3) is 14.0. The largest absolute Gasteiger partial charge is 0.481 e. The van der Waals surface area contributed by atoms with Crippen LogP contribution < -0.4 is 0 Å². The molecule has 0 heterocycles. The van der Waals surface area contributed by atoms with Gasteiger partial charge in [0.15, 0.2) is 0 Å². The van der Waals surface area contributed by atoms with E-state index in [1.54, 1.807) is 24.6 Å². The Balaban J connectivity index is 0.000000668. The summed E-state index contributed by atoms with van der Waals surface area (Å²) < 4.78 is 0. The summed E-state index contributed by atoms with van der Waals surface area (Å²) in [6.07, 6.45) is 26.4. The van der Waals surface area contributed by atoms with Crippen LogP contribution in [0.25, 0.3) is 0 Å². The van der Waals surface area contributed by atoms with E-state index in [0.29, 0.717) is 0 Å². The van der Waals surface area contributed by atoms with Crippen molar-refractivity contribution in [3.05, 3.63) is 0 Å². The van der Waals surface area contributed by atoms with Crippen LogP contribution in [0.15, 0.2) is 0 Å². The molecule has 1 aliphatic rings. The SMILES string of the molecule is CCCCCC[PH](CCCC)(CCCC)CCCC.O=C(O)C1CCCCC1. The zero-order chi connectivity index (χ0) is 21.1. The zero-order valence-corrected chi connectivity index (χ0v) is 20.9. The van der Waals surface area contributed by atoms with Crippen molar-refractivity contribution < 1.29 is 9.90 Å². The first kappa shape index (κ1) is 27.9. The maximum Gasteiger partial charge on any atom is 0.306 e. The summed E-state index contributed by atoms with van der Waals surface area (Å²) in [5.74, 6) is -0.631. The monoisotopic (exact) mass is 416 g/mol. The fourth-order valence-corrected chi connectivity index (χ4v) is 10.5. The Hall–Kier alpha value is -0.100. The number of carboxylic acid groups (broad SMARTS) is 1. The summed E-state index contributed by atoms with van der Waals surface area (Å²) in [7, 11) is -0.908. The van der Waals surface area contributed by atoms with Gasteiger partial charge in [-0.3, -0.25) is 4.79 Å². The minimum Gasteiger partial charge on any atom is -0.481 e. The van der Waals surface area contributed by atoms with E-state index in [9.17, 15) is 4.79 Å². The number of aliphatic carboxylic acids is 1. The molecule has 3 heteroatoms. The van der Waals surface area contributed by atoms with Gasteiger partial charge in [0.2, 0.25) is 0 Å². The Bertz CT molecular complexity index is 329. The average molecular weight is 417 g/mol. The molecule has 1 rings (SSSR count). The molecule has 0 atom stereocenters. The molecule has 28 heavy (non-hydrogen) atoms. The molecule has 170 valence electrons. The summed E-state index contributed by atoms with van der Waals surface area (Å²) in [6.45, 7) is 9.44. The third-order valence-electron chi connectivity index (χ3n) is 6.70. The standard InChI is InChI=1S/C18H41P.C7H12O2/c1-5-9-13-14-18-19(15-10-6-2,16-11-7-3)17-12-8-4;8-7(9)6-4-2-1-3-5-6/h19H,5-18H2,1-4H3;6H,1-5H2,(H,8,9). The molecule has 0 amide bonds. The van der Waals surface area contributed by atoms with Crippen molar-refractivity contribution in [1.29, 1.82) is 0 Å². The van der Waals surface area contributed by atoms with Crippen molar-refractivity contribution in [3.63, 3.8) is 0 Å². The molecule has 1 aliphatic carbocycles. The second kappa shape index (κ2) is 18.9. The molecule has 0 aromatic heterocycles. The Kier molecular flexibility index (Phi) is 18.8. The minimum absolute atomic E-state index is 0.0289. The normalized spacial score (nSPS) is 15.7. The molecular formula is C25H53O2P.